The van der Waals surface area contributed by atoms with Gasteiger partial charge in [0.2, 0.25) is 12.3 Å². The number of alkyl halides is 1. The van der Waals surface area contributed by atoms with Crippen molar-refractivity contribution in [1.29, 1.82) is 0 Å². The van der Waals surface area contributed by atoms with Crippen LogP contribution in [0.15, 0.2) is 84.6 Å². The van der Waals surface area contributed by atoms with E-state index in [-0.39, 0.29) is 48.3 Å². The molecular weight excluding hydrogens is 800 g/mol. The largest absolute Gasteiger partial charge is 0.507 e. The number of phenols is 1. The van der Waals surface area contributed by atoms with E-state index in [2.05, 4.69) is 38.1 Å². The predicted octanol–water partition coefficient (Wildman–Crippen LogP) is 5.49. The van der Waals surface area contributed by atoms with E-state index in [1.54, 1.807) is 35.4 Å². The monoisotopic (exact) mass is 860 g/mol. The van der Waals surface area contributed by atoms with Gasteiger partial charge in [0.15, 0.2) is 0 Å². The second-order valence-electron chi connectivity index (χ2n) is 18.1. The molecule has 334 valence electrons. The molecule has 63 heavy (non-hydrogen) atoms. The highest BCUT2D eigenvalue weighted by molar-refractivity contribution is 5.95. The van der Waals surface area contributed by atoms with Crippen molar-refractivity contribution in [3.63, 3.8) is 0 Å². The number of aromatic nitrogens is 2. The molecule has 4 aliphatic rings. The lowest BCUT2D eigenvalue weighted by molar-refractivity contribution is -0.116. The highest BCUT2D eigenvalue weighted by Crippen LogP contribution is 2.45. The van der Waals surface area contributed by atoms with Crippen molar-refractivity contribution in [2.45, 2.75) is 81.8 Å². The van der Waals surface area contributed by atoms with Crippen LogP contribution in [0.25, 0.3) is 16.7 Å². The Kier molecular flexibility index (Phi) is 12.9. The van der Waals surface area contributed by atoms with E-state index >= 15 is 4.39 Å². The van der Waals surface area contributed by atoms with Crippen molar-refractivity contribution < 1.29 is 23.9 Å². The summed E-state index contributed by atoms with van der Waals surface area (Å²) in [7, 11) is 0. The minimum atomic E-state index is -1.36. The molecule has 0 radical (unpaired) electrons. The zero-order valence-electron chi connectivity index (χ0n) is 36.1. The molecule has 3 amide bonds. The average molecular weight is 861 g/mol. The molecule has 1 aliphatic carbocycles. The van der Waals surface area contributed by atoms with Crippen molar-refractivity contribution in [2.24, 2.45) is 23.1 Å². The van der Waals surface area contributed by atoms with E-state index in [0.29, 0.717) is 85.5 Å². The molecule has 2 aromatic heterocycles. The predicted molar refractivity (Wildman–Crippen MR) is 243 cm³/mol. The SMILES string of the molecule is C[C@@H]1CCN(C(/C=C(\N)c2ccccc2O)=C(N)N)CC1c1ccc(C(=O)N2CCC(F)(CN3CCC(n4cc(C5CC5)c5cc(NC(=O)CCNC=O)cnc54)CC3)CC2)cc1. The summed E-state index contributed by atoms with van der Waals surface area (Å²) in [6.07, 6.45) is 12.0. The number of aromatic hydroxyl groups is 1. The van der Waals surface area contributed by atoms with E-state index < -0.39 is 5.67 Å². The number of hydrogen-bond acceptors (Lipinski definition) is 10. The van der Waals surface area contributed by atoms with Gasteiger partial charge in [-0.25, -0.2) is 9.37 Å². The first-order chi connectivity index (χ1) is 30.4. The minimum absolute atomic E-state index is 0.0758. The number of anilines is 1. The van der Waals surface area contributed by atoms with Gasteiger partial charge in [-0.1, -0.05) is 31.2 Å². The lowest BCUT2D eigenvalue weighted by Gasteiger charge is -2.41. The molecule has 14 nitrogen and oxygen atoms in total. The van der Waals surface area contributed by atoms with E-state index in [4.69, 9.17) is 22.2 Å². The number of allylic oxidation sites excluding steroid dienone is 1. The normalized spacial score (nSPS) is 21.0. The van der Waals surface area contributed by atoms with E-state index in [1.165, 1.54) is 5.56 Å². The molecule has 5 heterocycles. The maximum atomic E-state index is 16.5. The smallest absolute Gasteiger partial charge is 0.253 e. The standard InChI is InChI=1S/C48H61FN10O4/c1-31-13-21-58(42(45(51)52)25-41(50)37-4-2-3-5-43(37)61)27-39(31)32-8-10-34(11-9-32)47(63)57-22-16-48(49,17-23-57)29-56-19-14-36(15-20-56)59-28-40(33-6-7-33)38-24-35(26-54-46(38)59)55-44(62)12-18-53-30-60/h2-5,8-11,24-26,28,30-31,33,36,39,61H,6-7,12-23,27,29,50-52H2,1H3,(H,53,60)(H,55,62)/b41-25-/t31-,39?/m1/s1. The summed E-state index contributed by atoms with van der Waals surface area (Å²) in [5.74, 6) is 1.01. The third-order valence-electron chi connectivity index (χ3n) is 13.7. The van der Waals surface area contributed by atoms with E-state index in [0.717, 1.165) is 68.3 Å². The number of nitrogens with two attached hydrogens (primary N) is 3. The summed E-state index contributed by atoms with van der Waals surface area (Å²) in [6.45, 7) is 6.58. The van der Waals surface area contributed by atoms with Gasteiger partial charge < -0.3 is 52.2 Å². The fourth-order valence-electron chi connectivity index (χ4n) is 9.79. The number of rotatable bonds is 14. The molecule has 0 spiro atoms. The van der Waals surface area contributed by atoms with Gasteiger partial charge in [0.05, 0.1) is 17.6 Å². The molecule has 1 unspecified atom stereocenters. The molecule has 4 aromatic rings. The van der Waals surface area contributed by atoms with Crippen LogP contribution in [0.4, 0.5) is 10.1 Å². The van der Waals surface area contributed by atoms with Crippen LogP contribution in [0.1, 0.15) is 103 Å². The number of likely N-dealkylation sites (tertiary alicyclic amines) is 3. The highest BCUT2D eigenvalue weighted by atomic mass is 19.1. The number of nitrogens with one attached hydrogen (secondary N) is 2. The van der Waals surface area contributed by atoms with E-state index in [1.807, 2.05) is 36.4 Å². The summed E-state index contributed by atoms with van der Waals surface area (Å²) in [6, 6.07) is 17.0. The van der Waals surface area contributed by atoms with Crippen LogP contribution in [-0.2, 0) is 9.59 Å². The topological polar surface area (TPSA) is 201 Å². The number of piperidine rings is 3. The first-order valence-corrected chi connectivity index (χ1v) is 22.4. The lowest BCUT2D eigenvalue weighted by Crippen LogP contribution is -2.51. The number of phenolic OH excluding ortho intramolecular Hbond substituents is 1. The summed E-state index contributed by atoms with van der Waals surface area (Å²) in [5.41, 5.74) is 23.4. The fourth-order valence-corrected chi connectivity index (χ4v) is 9.79. The molecule has 2 aromatic carbocycles. The number of halogens is 1. The Balaban J connectivity index is 0.835. The van der Waals surface area contributed by atoms with Crippen molar-refractivity contribution >= 4 is 40.6 Å². The third-order valence-corrected chi connectivity index (χ3v) is 13.7. The van der Waals surface area contributed by atoms with Crippen molar-refractivity contribution in [3.8, 4) is 5.75 Å². The fraction of sp³-hybridized carbons (Fsp3) is 0.458. The number of benzene rings is 2. The number of nitrogens with zero attached hydrogens (tertiary/aromatic N) is 5. The van der Waals surface area contributed by atoms with Crippen LogP contribution in [-0.4, -0.2) is 106 Å². The van der Waals surface area contributed by atoms with Crippen molar-refractivity contribution in [1.82, 2.24) is 29.6 Å². The summed E-state index contributed by atoms with van der Waals surface area (Å²) >= 11 is 0. The van der Waals surface area contributed by atoms with Crippen molar-refractivity contribution in [2.75, 3.05) is 57.7 Å². The third kappa shape index (κ3) is 9.93. The lowest BCUT2D eigenvalue weighted by atomic mass is 9.81. The zero-order valence-corrected chi connectivity index (χ0v) is 36.1. The Hall–Kier alpha value is -6.09. The van der Waals surface area contributed by atoms with Crippen molar-refractivity contribution in [3.05, 3.63) is 107 Å². The van der Waals surface area contributed by atoms with Gasteiger partial charge in [-0.3, -0.25) is 14.4 Å². The van der Waals surface area contributed by atoms with Crippen LogP contribution in [0.2, 0.25) is 0 Å². The first-order valence-electron chi connectivity index (χ1n) is 22.4. The second kappa shape index (κ2) is 18.7. The highest BCUT2D eigenvalue weighted by Gasteiger charge is 2.39. The number of pyridine rings is 1. The number of fused-ring (bicyclic) bond motifs is 1. The zero-order chi connectivity index (χ0) is 44.3. The molecule has 8 rings (SSSR count). The summed E-state index contributed by atoms with van der Waals surface area (Å²) in [4.78, 5) is 47.6. The molecule has 15 heteroatoms. The van der Waals surface area contributed by atoms with Gasteiger partial charge >= 0.3 is 0 Å². The Bertz CT molecular complexity index is 2360. The molecule has 4 fully saturated rings. The Morgan fingerprint density at radius 1 is 0.952 bits per heavy atom. The second-order valence-corrected chi connectivity index (χ2v) is 18.1. The van der Waals surface area contributed by atoms with Crippen LogP contribution in [0, 0.1) is 5.92 Å². The van der Waals surface area contributed by atoms with Crippen LogP contribution >= 0.6 is 0 Å². The molecule has 2 atom stereocenters. The van der Waals surface area contributed by atoms with Gasteiger partial charge in [-0.05, 0) is 91.5 Å². The minimum Gasteiger partial charge on any atom is -0.507 e. The summed E-state index contributed by atoms with van der Waals surface area (Å²) in [5, 5.41) is 16.8. The number of hydrogen-bond donors (Lipinski definition) is 6. The number of amides is 3. The van der Waals surface area contributed by atoms with Gasteiger partial charge in [0.1, 0.15) is 22.9 Å². The van der Waals surface area contributed by atoms with Gasteiger partial charge in [0.25, 0.3) is 5.91 Å². The van der Waals surface area contributed by atoms with Crippen LogP contribution < -0.4 is 27.8 Å². The first kappa shape index (κ1) is 43.6. The molecule has 1 saturated carbocycles. The van der Waals surface area contributed by atoms with Gasteiger partial charge in [-0.2, -0.15) is 0 Å². The Morgan fingerprint density at radius 2 is 1.68 bits per heavy atom. The molecule has 9 N–H and O–H groups in total. The van der Waals surface area contributed by atoms with E-state index in [9.17, 15) is 19.5 Å². The number of carbonyl (C=O) groups excluding carboxylic acids is 3. The Morgan fingerprint density at radius 3 is 2.37 bits per heavy atom. The molecule has 3 saturated heterocycles. The molecule has 0 bridgehead atoms. The summed E-state index contributed by atoms with van der Waals surface area (Å²) < 4.78 is 18.8. The number of para-hydroxylation sites is 1. The van der Waals surface area contributed by atoms with Crippen LogP contribution in [0.3, 0.4) is 0 Å². The van der Waals surface area contributed by atoms with Gasteiger partial charge in [-0.15, -0.1) is 0 Å². The maximum absolute atomic E-state index is 16.5. The number of carbonyl (C=O) groups is 3. The Labute approximate surface area is 368 Å². The van der Waals surface area contributed by atoms with Crippen LogP contribution in [0.5, 0.6) is 5.75 Å². The molecular formula is C48H61FN10O4. The average Bonchev–Trinajstić information content (AvgIpc) is 4.06. The molecule has 3 aliphatic heterocycles. The maximum Gasteiger partial charge on any atom is 0.253 e. The van der Waals surface area contributed by atoms with Gasteiger partial charge in [0, 0.05) is 112 Å². The quantitative estimate of drug-likeness (QED) is 0.0536.